The minimum absolute atomic E-state index is 0.137. The maximum absolute atomic E-state index is 9.92. The molecule has 0 aliphatic carbocycles. The summed E-state index contributed by atoms with van der Waals surface area (Å²) in [5, 5.41) is 15.1. The van der Waals surface area contributed by atoms with Gasteiger partial charge in [-0.2, -0.15) is 4.57 Å². The molecule has 1 atom stereocenters. The predicted molar refractivity (Wildman–Crippen MR) is 81.2 cm³/mol. The van der Waals surface area contributed by atoms with Gasteiger partial charge in [0.05, 0.1) is 18.1 Å². The maximum atomic E-state index is 9.92. The molecule has 0 bridgehead atoms. The zero-order chi connectivity index (χ0) is 15.5. The lowest BCUT2D eigenvalue weighted by Crippen LogP contribution is -2.41. The number of allylic oxidation sites excluding steroid dienone is 1. The Hall–Kier alpha value is -2.60. The molecule has 1 aromatic rings. The SMILES string of the molecule is C=C/C(=C/OCC(O)C[n+]1ccnc(C=C)c1)N=CC=[NH2+]. The highest BCUT2D eigenvalue weighted by Crippen LogP contribution is 1.98. The molecule has 0 radical (unpaired) electrons. The first-order valence-electron chi connectivity index (χ1n) is 6.37. The Morgan fingerprint density at radius 2 is 2.38 bits per heavy atom. The number of hydrogen-bond acceptors (Lipinski definition) is 4. The zero-order valence-electron chi connectivity index (χ0n) is 11.8. The van der Waals surface area contributed by atoms with Crippen molar-refractivity contribution < 1.29 is 19.8 Å². The van der Waals surface area contributed by atoms with Crippen molar-refractivity contribution in [3.63, 3.8) is 0 Å². The molecular formula is C15H20N4O2+2. The van der Waals surface area contributed by atoms with E-state index in [0.29, 0.717) is 12.2 Å². The second-order valence-electron chi connectivity index (χ2n) is 4.09. The normalized spacial score (nSPS) is 12.9. The highest BCUT2D eigenvalue weighted by molar-refractivity contribution is 6.13. The summed E-state index contributed by atoms with van der Waals surface area (Å²) < 4.78 is 7.09. The van der Waals surface area contributed by atoms with Gasteiger partial charge in [-0.15, -0.1) is 0 Å². The highest BCUT2D eigenvalue weighted by Gasteiger charge is 2.11. The van der Waals surface area contributed by atoms with Gasteiger partial charge in [-0.1, -0.05) is 13.2 Å². The van der Waals surface area contributed by atoms with Crippen molar-refractivity contribution in [2.75, 3.05) is 6.61 Å². The monoisotopic (exact) mass is 288 g/mol. The summed E-state index contributed by atoms with van der Waals surface area (Å²) in [6.07, 6.45) is 11.9. The number of aromatic nitrogens is 2. The summed E-state index contributed by atoms with van der Waals surface area (Å²) in [7, 11) is 0. The van der Waals surface area contributed by atoms with Crippen LogP contribution in [0.1, 0.15) is 5.69 Å². The van der Waals surface area contributed by atoms with Crippen LogP contribution in [-0.4, -0.2) is 35.2 Å². The molecule has 1 rings (SSSR count). The van der Waals surface area contributed by atoms with Gasteiger partial charge in [-0.05, 0) is 12.2 Å². The lowest BCUT2D eigenvalue weighted by Gasteiger charge is -2.07. The van der Waals surface area contributed by atoms with E-state index in [2.05, 4.69) is 23.1 Å². The quantitative estimate of drug-likeness (QED) is 0.273. The summed E-state index contributed by atoms with van der Waals surface area (Å²) >= 11 is 0. The molecule has 6 nitrogen and oxygen atoms in total. The Balaban J connectivity index is 2.49. The molecule has 0 aliphatic heterocycles. The van der Waals surface area contributed by atoms with Crippen LogP contribution in [-0.2, 0) is 11.3 Å². The van der Waals surface area contributed by atoms with Crippen LogP contribution in [0.4, 0.5) is 0 Å². The van der Waals surface area contributed by atoms with E-state index in [4.69, 9.17) is 10.1 Å². The van der Waals surface area contributed by atoms with Gasteiger partial charge in [-0.25, -0.2) is 9.98 Å². The number of nitrogens with two attached hydrogens (primary N) is 1. The average molecular weight is 288 g/mol. The molecule has 21 heavy (non-hydrogen) atoms. The fraction of sp³-hybridized carbons (Fsp3) is 0.200. The molecule has 0 amide bonds. The molecule has 3 N–H and O–H groups in total. The number of aliphatic imine (C=N–C) groups is 1. The second kappa shape index (κ2) is 9.33. The molecule has 1 aromatic heterocycles. The van der Waals surface area contributed by atoms with E-state index < -0.39 is 6.10 Å². The van der Waals surface area contributed by atoms with E-state index >= 15 is 0 Å². The van der Waals surface area contributed by atoms with E-state index in [9.17, 15) is 5.11 Å². The van der Waals surface area contributed by atoms with Crippen LogP contribution in [0.15, 0.2) is 54.8 Å². The molecule has 1 heterocycles. The van der Waals surface area contributed by atoms with Gasteiger partial charge in [0.2, 0.25) is 0 Å². The number of rotatable bonds is 9. The molecule has 6 heteroatoms. The van der Waals surface area contributed by atoms with Crippen molar-refractivity contribution in [2.24, 2.45) is 4.99 Å². The molecule has 0 aromatic carbocycles. The Morgan fingerprint density at radius 1 is 1.57 bits per heavy atom. The van der Waals surface area contributed by atoms with Crippen LogP contribution >= 0.6 is 0 Å². The van der Waals surface area contributed by atoms with Gasteiger partial charge in [0.15, 0.2) is 25.2 Å². The Bertz CT molecular complexity index is 552. The Kier molecular flexibility index (Phi) is 7.31. The molecule has 0 saturated heterocycles. The summed E-state index contributed by atoms with van der Waals surface area (Å²) in [6.45, 7) is 7.77. The van der Waals surface area contributed by atoms with Crippen LogP contribution in [0.3, 0.4) is 0 Å². The highest BCUT2D eigenvalue weighted by atomic mass is 16.5. The summed E-state index contributed by atoms with van der Waals surface area (Å²) in [5.41, 5.74) is 1.27. The molecule has 0 saturated carbocycles. The number of aliphatic hydroxyl groups is 1. The van der Waals surface area contributed by atoms with Gasteiger partial charge in [0, 0.05) is 0 Å². The second-order valence-corrected chi connectivity index (χ2v) is 4.09. The number of aliphatic hydroxyl groups excluding tert-OH is 1. The average Bonchev–Trinajstić information content (AvgIpc) is 2.50. The van der Waals surface area contributed by atoms with Gasteiger partial charge in [0.25, 0.3) is 0 Å². The van der Waals surface area contributed by atoms with Gasteiger partial charge < -0.3 is 9.84 Å². The maximum Gasteiger partial charge on any atom is 0.194 e. The van der Waals surface area contributed by atoms with Gasteiger partial charge in [-0.3, -0.25) is 5.41 Å². The molecule has 1 unspecified atom stereocenters. The minimum Gasteiger partial charge on any atom is -0.496 e. The Labute approximate surface area is 124 Å². The van der Waals surface area contributed by atoms with E-state index in [1.54, 1.807) is 24.7 Å². The number of ether oxygens (including phenoxy) is 1. The van der Waals surface area contributed by atoms with Crippen LogP contribution in [0.5, 0.6) is 0 Å². The lowest BCUT2D eigenvalue weighted by atomic mass is 10.3. The van der Waals surface area contributed by atoms with Crippen molar-refractivity contribution in [3.05, 3.63) is 55.5 Å². The standard InChI is InChI=1S/C15H19N4O2/c1-3-13-9-19(8-7-18-13)10-15(20)12-21-11-14(4-2)17-6-5-16/h3-9,11,15-16,20H,1-2,10,12H2/q+1/p+1/b14-11-,16-5?,17-6?. The molecule has 0 fully saturated rings. The fourth-order valence-corrected chi connectivity index (χ4v) is 1.47. The van der Waals surface area contributed by atoms with E-state index in [1.807, 2.05) is 4.57 Å². The molecule has 0 aliphatic rings. The lowest BCUT2D eigenvalue weighted by molar-refractivity contribution is -0.704. The first kappa shape index (κ1) is 16.5. The molecule has 0 spiro atoms. The third-order valence-electron chi connectivity index (χ3n) is 2.42. The van der Waals surface area contributed by atoms with Crippen molar-refractivity contribution in [2.45, 2.75) is 12.6 Å². The van der Waals surface area contributed by atoms with Gasteiger partial charge >= 0.3 is 0 Å². The van der Waals surface area contributed by atoms with E-state index in [-0.39, 0.29) is 6.61 Å². The van der Waals surface area contributed by atoms with Crippen molar-refractivity contribution in [3.8, 4) is 0 Å². The first-order chi connectivity index (χ1) is 10.2. The Morgan fingerprint density at radius 3 is 3.05 bits per heavy atom. The van der Waals surface area contributed by atoms with Crippen molar-refractivity contribution in [1.82, 2.24) is 4.98 Å². The van der Waals surface area contributed by atoms with Crippen LogP contribution in [0.2, 0.25) is 0 Å². The van der Waals surface area contributed by atoms with Gasteiger partial charge in [0.1, 0.15) is 24.7 Å². The third-order valence-corrected chi connectivity index (χ3v) is 2.42. The fourth-order valence-electron chi connectivity index (χ4n) is 1.47. The van der Waals surface area contributed by atoms with E-state index in [0.717, 1.165) is 5.69 Å². The largest absolute Gasteiger partial charge is 0.496 e. The van der Waals surface area contributed by atoms with Crippen LogP contribution in [0.25, 0.3) is 6.08 Å². The topological polar surface area (TPSA) is 84.2 Å². The summed E-state index contributed by atoms with van der Waals surface area (Å²) in [4.78, 5) is 8.06. The summed E-state index contributed by atoms with van der Waals surface area (Å²) in [5.74, 6) is 0. The van der Waals surface area contributed by atoms with E-state index in [1.165, 1.54) is 24.8 Å². The third kappa shape index (κ3) is 6.40. The van der Waals surface area contributed by atoms with Crippen molar-refractivity contribution >= 4 is 18.5 Å². The van der Waals surface area contributed by atoms with Crippen LogP contribution < -0.4 is 9.98 Å². The predicted octanol–water partition coefficient (Wildman–Crippen LogP) is -0.682. The molecule has 110 valence electrons. The number of hydrogen-bond donors (Lipinski definition) is 2. The zero-order valence-corrected chi connectivity index (χ0v) is 11.8. The summed E-state index contributed by atoms with van der Waals surface area (Å²) in [6, 6.07) is 0. The minimum atomic E-state index is -0.664. The van der Waals surface area contributed by atoms with Crippen molar-refractivity contribution in [1.29, 1.82) is 0 Å². The first-order valence-corrected chi connectivity index (χ1v) is 6.37. The smallest absolute Gasteiger partial charge is 0.194 e. The van der Waals surface area contributed by atoms with Crippen LogP contribution in [0, 0.1) is 0 Å². The number of nitrogens with zero attached hydrogens (tertiary/aromatic N) is 3. The molecular weight excluding hydrogens is 268 g/mol.